The van der Waals surface area contributed by atoms with E-state index in [2.05, 4.69) is 0 Å². The number of fused-ring (bicyclic) bond motifs is 4. The Morgan fingerprint density at radius 3 is 1.80 bits per heavy atom. The number of hydrogen-bond donors (Lipinski definition) is 0. The Hall–Kier alpha value is -5.12. The molecule has 6 aromatic rings. The fraction of sp³-hybridized carbons (Fsp3) is 0.176. The summed E-state index contributed by atoms with van der Waals surface area (Å²) < 4.78 is 8.16. The minimum absolute atomic E-state index is 0. The Labute approximate surface area is 268 Å². The minimum atomic E-state index is -1.10. The van der Waals surface area contributed by atoms with Crippen LogP contribution in [0.1, 0.15) is 25.5 Å². The maximum absolute atomic E-state index is 14.0. The van der Waals surface area contributed by atoms with Gasteiger partial charge in [0.15, 0.2) is 0 Å². The van der Waals surface area contributed by atoms with Crippen LogP contribution in [0, 0.1) is 0 Å². The molecule has 0 aliphatic carbocycles. The molecule has 0 spiro atoms. The monoisotopic (exact) mass is 642 g/mol. The quantitative estimate of drug-likeness (QED) is 0.168. The molecule has 0 fully saturated rings. The third-order valence-electron chi connectivity index (χ3n) is 8.54. The van der Waals surface area contributed by atoms with Crippen LogP contribution in [0.5, 0.6) is 0 Å². The van der Waals surface area contributed by atoms with Gasteiger partial charge >= 0.3 is 39.8 Å². The SMILES string of the molecule is CC1=C2C(c3cc[cH-]c3)n3c(=O)n(-c4ccccc4)c(=O)n3CC2(C)n2c(=O)n(-c3ccccc3)c(=O)n2C1.[Fe+2].c1cc[cH-]c1. The van der Waals surface area contributed by atoms with Crippen LogP contribution < -0.4 is 22.8 Å². The van der Waals surface area contributed by atoms with Crippen molar-refractivity contribution in [3.8, 4) is 11.4 Å². The molecule has 0 saturated heterocycles. The number of aromatic nitrogens is 6. The van der Waals surface area contributed by atoms with E-state index in [1.807, 2.05) is 80.6 Å². The van der Waals surface area contributed by atoms with E-state index >= 15 is 0 Å². The van der Waals surface area contributed by atoms with Crippen molar-refractivity contribution in [2.45, 2.75) is 38.5 Å². The predicted octanol–water partition coefficient (Wildman–Crippen LogP) is 3.39. The second-order valence-electron chi connectivity index (χ2n) is 11.3. The van der Waals surface area contributed by atoms with Gasteiger partial charge in [0.1, 0.15) is 5.54 Å². The van der Waals surface area contributed by atoms with E-state index in [-0.39, 0.29) is 30.2 Å². The fourth-order valence-corrected chi connectivity index (χ4v) is 6.76. The van der Waals surface area contributed by atoms with Gasteiger partial charge in [0, 0.05) is 0 Å². The average molecular weight is 642 g/mol. The van der Waals surface area contributed by atoms with Gasteiger partial charge in [0.25, 0.3) is 0 Å². The zero-order chi connectivity index (χ0) is 30.6. The molecule has 2 aromatic heterocycles. The summed E-state index contributed by atoms with van der Waals surface area (Å²) in [6.07, 6.45) is 0. The molecule has 2 unspecified atom stereocenters. The standard InChI is InChI=1S/C29H25N6O4.C5H5.Fe/c1-19-17-30-25(36)33(22-15-7-4-8-16-22)28(39)35(30)29(2)18-31-26(37)32(21-13-5-3-6-14-21)27(38)34(31)24(23(19)29)20-11-9-10-12-20;1-2-4-5-3-1;/h3-16,24H,17-18H2,1-2H3;1-5H;/q2*-1;+2. The molecule has 0 bridgehead atoms. The molecule has 0 N–H and O–H groups in total. The van der Waals surface area contributed by atoms with Gasteiger partial charge in [-0.05, 0) is 49.3 Å². The normalized spacial score (nSPS) is 18.2. The molecule has 228 valence electrons. The first kappa shape index (κ1) is 29.9. The molecule has 0 amide bonds. The van der Waals surface area contributed by atoms with Crippen LogP contribution in [0.3, 0.4) is 0 Å². The summed E-state index contributed by atoms with van der Waals surface area (Å²) in [5.74, 6) is 0. The van der Waals surface area contributed by atoms with Crippen molar-refractivity contribution in [1.82, 2.24) is 27.9 Å². The molecule has 10 nitrogen and oxygen atoms in total. The van der Waals surface area contributed by atoms with Crippen molar-refractivity contribution < 1.29 is 17.1 Å². The molecule has 2 aliphatic rings. The number of allylic oxidation sites excluding steroid dienone is 2. The van der Waals surface area contributed by atoms with Crippen LogP contribution in [0.25, 0.3) is 11.4 Å². The van der Waals surface area contributed by atoms with E-state index in [0.717, 1.165) is 21.3 Å². The number of para-hydroxylation sites is 2. The van der Waals surface area contributed by atoms with Gasteiger partial charge in [-0.2, -0.15) is 42.0 Å². The zero-order valence-electron chi connectivity index (χ0n) is 24.6. The second-order valence-corrected chi connectivity index (χ2v) is 11.3. The summed E-state index contributed by atoms with van der Waals surface area (Å²) >= 11 is 0. The third-order valence-corrected chi connectivity index (χ3v) is 8.54. The molecule has 0 saturated carbocycles. The number of nitrogens with zero attached hydrogens (tertiary/aromatic N) is 6. The van der Waals surface area contributed by atoms with Gasteiger partial charge in [-0.15, -0.1) is 0 Å². The van der Waals surface area contributed by atoms with Gasteiger partial charge < -0.3 is 0 Å². The van der Waals surface area contributed by atoms with Crippen molar-refractivity contribution >= 4 is 0 Å². The number of rotatable bonds is 3. The number of benzene rings is 2. The van der Waals surface area contributed by atoms with Gasteiger partial charge in [0.2, 0.25) is 0 Å². The summed E-state index contributed by atoms with van der Waals surface area (Å²) in [6.45, 7) is 3.99. The summed E-state index contributed by atoms with van der Waals surface area (Å²) in [5.41, 5.74) is 0.445. The molecule has 45 heavy (non-hydrogen) atoms. The smallest absolute Gasteiger partial charge is 0.246 e. The molecule has 2 aliphatic heterocycles. The van der Waals surface area contributed by atoms with E-state index in [0.29, 0.717) is 11.4 Å². The molecule has 11 heteroatoms. The first-order valence-electron chi connectivity index (χ1n) is 14.4. The predicted molar refractivity (Wildman–Crippen MR) is 167 cm³/mol. The molecular formula is C34H30FeN6O4. The van der Waals surface area contributed by atoms with Crippen molar-refractivity contribution in [1.29, 1.82) is 0 Å². The molecule has 8 rings (SSSR count). The zero-order valence-corrected chi connectivity index (χ0v) is 25.7. The summed E-state index contributed by atoms with van der Waals surface area (Å²) in [6, 6.07) is 34.6. The van der Waals surface area contributed by atoms with Crippen LogP contribution in [0.2, 0.25) is 0 Å². The minimum Gasteiger partial charge on any atom is -0.246 e. The van der Waals surface area contributed by atoms with E-state index in [9.17, 15) is 19.2 Å². The van der Waals surface area contributed by atoms with Crippen LogP contribution >= 0.6 is 0 Å². The van der Waals surface area contributed by atoms with E-state index in [1.54, 1.807) is 48.5 Å². The van der Waals surface area contributed by atoms with Crippen molar-refractivity contribution in [3.05, 3.63) is 174 Å². The van der Waals surface area contributed by atoms with Gasteiger partial charge in [-0.3, -0.25) is 0 Å². The van der Waals surface area contributed by atoms with Gasteiger partial charge in [-0.25, -0.2) is 65.2 Å². The van der Waals surface area contributed by atoms with E-state index in [4.69, 9.17) is 0 Å². The van der Waals surface area contributed by atoms with Crippen LogP contribution in [-0.4, -0.2) is 27.9 Å². The average Bonchev–Trinajstić information content (AvgIpc) is 3.84. The van der Waals surface area contributed by atoms with Crippen LogP contribution in [0.15, 0.2) is 146 Å². The molecule has 2 atom stereocenters. The summed E-state index contributed by atoms with van der Waals surface area (Å²) in [5, 5.41) is 0. The van der Waals surface area contributed by atoms with E-state index < -0.39 is 34.3 Å². The topological polar surface area (TPSA) is 97.9 Å². The Morgan fingerprint density at radius 1 is 0.689 bits per heavy atom. The van der Waals surface area contributed by atoms with E-state index in [1.165, 1.54) is 23.3 Å². The molecule has 4 heterocycles. The maximum Gasteiger partial charge on any atom is 2.00 e. The Bertz CT molecular complexity index is 2210. The van der Waals surface area contributed by atoms with Crippen LogP contribution in [0.4, 0.5) is 0 Å². The summed E-state index contributed by atoms with van der Waals surface area (Å²) in [7, 11) is 0. The molecule has 0 radical (unpaired) electrons. The second kappa shape index (κ2) is 11.4. The maximum atomic E-state index is 14.0. The first-order valence-corrected chi connectivity index (χ1v) is 14.4. The Kier molecular flexibility index (Phi) is 7.60. The first-order chi connectivity index (χ1) is 21.3. The van der Waals surface area contributed by atoms with Crippen molar-refractivity contribution in [2.24, 2.45) is 0 Å². The van der Waals surface area contributed by atoms with Gasteiger partial charge in [0.05, 0.1) is 30.5 Å². The Balaban J connectivity index is 0.000000545. The van der Waals surface area contributed by atoms with Gasteiger partial charge in [-0.1, -0.05) is 36.4 Å². The molecular weight excluding hydrogens is 612 g/mol. The fourth-order valence-electron chi connectivity index (χ4n) is 6.76. The molecule has 4 aromatic carbocycles. The van der Waals surface area contributed by atoms with Crippen LogP contribution in [-0.2, 0) is 35.7 Å². The third kappa shape index (κ3) is 4.54. The summed E-state index contributed by atoms with van der Waals surface area (Å²) in [4.78, 5) is 55.4. The largest absolute Gasteiger partial charge is 2.00 e. The Morgan fingerprint density at radius 2 is 1.27 bits per heavy atom. The number of hydrogen-bond acceptors (Lipinski definition) is 4. The van der Waals surface area contributed by atoms with Crippen molar-refractivity contribution in [2.75, 3.05) is 0 Å². The van der Waals surface area contributed by atoms with Crippen molar-refractivity contribution in [3.63, 3.8) is 0 Å².